The molecule has 0 saturated carbocycles. The molecule has 1 aromatic heterocycles. The average molecular weight is 383 g/mol. The number of rotatable bonds is 2. The molecule has 4 nitrogen and oxygen atoms in total. The van der Waals surface area contributed by atoms with Crippen molar-refractivity contribution in [3.63, 3.8) is 0 Å². The Morgan fingerprint density at radius 1 is 1.17 bits per heavy atom. The monoisotopic (exact) mass is 382 g/mol. The summed E-state index contributed by atoms with van der Waals surface area (Å²) in [6.07, 6.45) is 1.80. The summed E-state index contributed by atoms with van der Waals surface area (Å²) in [4.78, 5) is 19.3. The number of methoxy groups -OCH3 is 1. The largest absolute Gasteiger partial charge is 0.496 e. The van der Waals surface area contributed by atoms with Crippen molar-refractivity contribution < 1.29 is 4.74 Å². The molecule has 120 valence electrons. The summed E-state index contributed by atoms with van der Waals surface area (Å²) in [7, 11) is 1.63. The van der Waals surface area contributed by atoms with E-state index in [1.807, 2.05) is 30.3 Å². The number of aryl methyl sites for hydroxylation is 1. The van der Waals surface area contributed by atoms with E-state index < -0.39 is 0 Å². The van der Waals surface area contributed by atoms with Crippen LogP contribution < -0.4 is 10.4 Å². The van der Waals surface area contributed by atoms with E-state index in [4.69, 9.17) is 4.74 Å². The Bertz CT molecular complexity index is 995. The van der Waals surface area contributed by atoms with Crippen LogP contribution in [0.25, 0.3) is 22.5 Å². The van der Waals surface area contributed by atoms with Crippen LogP contribution in [0.15, 0.2) is 51.7 Å². The van der Waals surface area contributed by atoms with Gasteiger partial charge in [0.15, 0.2) is 0 Å². The average Bonchev–Trinajstić information content (AvgIpc) is 2.61. The van der Waals surface area contributed by atoms with Crippen LogP contribution in [-0.4, -0.2) is 17.1 Å². The van der Waals surface area contributed by atoms with Gasteiger partial charge >= 0.3 is 5.69 Å². The minimum atomic E-state index is -0.326. The number of halogens is 1. The fraction of sp³-hybridized carbons (Fsp3) is 0.158. The molecule has 0 bridgehead atoms. The van der Waals surface area contributed by atoms with Gasteiger partial charge in [0.05, 0.1) is 23.0 Å². The topological polar surface area (TPSA) is 55.0 Å². The number of fused-ring (bicyclic) bond motifs is 3. The molecule has 0 unspecified atom stereocenters. The van der Waals surface area contributed by atoms with Gasteiger partial charge in [-0.3, -0.25) is 0 Å². The number of benzene rings is 2. The first-order chi connectivity index (χ1) is 11.7. The summed E-state index contributed by atoms with van der Waals surface area (Å²) in [5.74, 6) is 0.753. The second-order valence-corrected chi connectivity index (χ2v) is 6.60. The Kier molecular flexibility index (Phi) is 3.73. The summed E-state index contributed by atoms with van der Waals surface area (Å²) in [6.45, 7) is 0. The van der Waals surface area contributed by atoms with Crippen molar-refractivity contribution in [1.82, 2.24) is 9.97 Å². The van der Waals surface area contributed by atoms with Crippen molar-refractivity contribution in [1.29, 1.82) is 0 Å². The first kappa shape index (κ1) is 15.1. The van der Waals surface area contributed by atoms with E-state index in [1.165, 1.54) is 5.56 Å². The van der Waals surface area contributed by atoms with Crippen molar-refractivity contribution >= 4 is 15.9 Å². The number of H-pyrrole nitrogens is 1. The van der Waals surface area contributed by atoms with Crippen molar-refractivity contribution in [3.05, 3.63) is 68.5 Å². The normalized spacial score (nSPS) is 12.4. The molecule has 0 fully saturated rings. The molecule has 2 aromatic carbocycles. The van der Waals surface area contributed by atoms with E-state index in [0.717, 1.165) is 51.1 Å². The van der Waals surface area contributed by atoms with Crippen LogP contribution in [0.3, 0.4) is 0 Å². The van der Waals surface area contributed by atoms with Gasteiger partial charge in [0, 0.05) is 16.7 Å². The number of nitrogens with zero attached hydrogens (tertiary/aromatic N) is 1. The highest BCUT2D eigenvalue weighted by Crippen LogP contribution is 2.37. The number of ether oxygens (including phenoxy) is 1. The zero-order valence-electron chi connectivity index (χ0n) is 13.1. The van der Waals surface area contributed by atoms with Gasteiger partial charge in [-0.2, -0.15) is 4.98 Å². The highest BCUT2D eigenvalue weighted by molar-refractivity contribution is 9.10. The SMILES string of the molecule is COc1ccc(-c2nc(=O)[nH]c3c2CCc2ccccc2-3)cc1Br. The summed E-state index contributed by atoms with van der Waals surface area (Å²) in [5.41, 5.74) is 5.65. The second kappa shape index (κ2) is 5.91. The van der Waals surface area contributed by atoms with Gasteiger partial charge in [0.2, 0.25) is 0 Å². The van der Waals surface area contributed by atoms with Crippen LogP contribution in [0.1, 0.15) is 11.1 Å². The van der Waals surface area contributed by atoms with Gasteiger partial charge in [-0.25, -0.2) is 4.79 Å². The van der Waals surface area contributed by atoms with Gasteiger partial charge in [-0.15, -0.1) is 0 Å². The molecule has 0 amide bonds. The van der Waals surface area contributed by atoms with E-state index >= 15 is 0 Å². The van der Waals surface area contributed by atoms with Crippen LogP contribution >= 0.6 is 15.9 Å². The standard InChI is InChI=1S/C19H15BrN2O2/c1-24-16-9-7-12(10-15(16)20)17-14-8-6-11-4-2-3-5-13(11)18(14)22-19(23)21-17/h2-5,7,9-10H,6,8H2,1H3,(H,21,22,23). The minimum absolute atomic E-state index is 0.326. The first-order valence-corrected chi connectivity index (χ1v) is 8.52. The van der Waals surface area contributed by atoms with Crippen molar-refractivity contribution in [2.45, 2.75) is 12.8 Å². The Morgan fingerprint density at radius 3 is 2.79 bits per heavy atom. The maximum atomic E-state index is 12.2. The molecule has 0 saturated heterocycles. The van der Waals surface area contributed by atoms with Crippen LogP contribution in [0.4, 0.5) is 0 Å². The molecule has 0 aliphatic heterocycles. The molecule has 1 aliphatic rings. The van der Waals surface area contributed by atoms with E-state index in [9.17, 15) is 4.79 Å². The van der Waals surface area contributed by atoms with Crippen molar-refractivity contribution in [3.8, 4) is 28.3 Å². The third kappa shape index (κ3) is 2.45. The number of nitrogens with one attached hydrogen (secondary N) is 1. The van der Waals surface area contributed by atoms with E-state index in [2.05, 4.69) is 38.0 Å². The zero-order chi connectivity index (χ0) is 16.7. The Hall–Kier alpha value is -2.40. The maximum Gasteiger partial charge on any atom is 0.345 e. The molecule has 1 N–H and O–H groups in total. The quantitative estimate of drug-likeness (QED) is 0.729. The molecular formula is C19H15BrN2O2. The third-order valence-electron chi connectivity index (χ3n) is 4.39. The van der Waals surface area contributed by atoms with Gasteiger partial charge in [0.25, 0.3) is 0 Å². The lowest BCUT2D eigenvalue weighted by Crippen LogP contribution is -2.18. The summed E-state index contributed by atoms with van der Waals surface area (Å²) in [6, 6.07) is 14.0. The van der Waals surface area contributed by atoms with Crippen molar-refractivity contribution in [2.75, 3.05) is 7.11 Å². The van der Waals surface area contributed by atoms with E-state index in [0.29, 0.717) is 0 Å². The predicted octanol–water partition coefficient (Wildman–Crippen LogP) is 3.97. The molecule has 0 atom stereocenters. The summed E-state index contributed by atoms with van der Waals surface area (Å²) in [5, 5.41) is 0. The molecule has 24 heavy (non-hydrogen) atoms. The highest BCUT2D eigenvalue weighted by Gasteiger charge is 2.22. The first-order valence-electron chi connectivity index (χ1n) is 7.73. The fourth-order valence-electron chi connectivity index (χ4n) is 3.27. The van der Waals surface area contributed by atoms with Crippen LogP contribution in [0.2, 0.25) is 0 Å². The number of hydrogen-bond acceptors (Lipinski definition) is 3. The number of aromatic amines is 1. The number of hydrogen-bond donors (Lipinski definition) is 1. The van der Waals surface area contributed by atoms with Gasteiger partial charge < -0.3 is 9.72 Å². The number of aromatic nitrogens is 2. The molecule has 3 aromatic rings. The van der Waals surface area contributed by atoms with Crippen LogP contribution in [0.5, 0.6) is 5.75 Å². The Morgan fingerprint density at radius 2 is 2.00 bits per heavy atom. The minimum Gasteiger partial charge on any atom is -0.496 e. The lowest BCUT2D eigenvalue weighted by molar-refractivity contribution is 0.412. The molecule has 5 heteroatoms. The van der Waals surface area contributed by atoms with Crippen molar-refractivity contribution in [2.24, 2.45) is 0 Å². The van der Waals surface area contributed by atoms with Crippen LogP contribution in [-0.2, 0) is 12.8 Å². The smallest absolute Gasteiger partial charge is 0.345 e. The Balaban J connectivity index is 1.95. The van der Waals surface area contributed by atoms with E-state index in [1.54, 1.807) is 7.11 Å². The lowest BCUT2D eigenvalue weighted by Gasteiger charge is -2.21. The van der Waals surface area contributed by atoms with Crippen LogP contribution in [0, 0.1) is 0 Å². The third-order valence-corrected chi connectivity index (χ3v) is 5.01. The van der Waals surface area contributed by atoms with E-state index in [-0.39, 0.29) is 5.69 Å². The fourth-order valence-corrected chi connectivity index (χ4v) is 3.81. The van der Waals surface area contributed by atoms with Gasteiger partial charge in [-0.05, 0) is 52.5 Å². The second-order valence-electron chi connectivity index (χ2n) is 5.75. The van der Waals surface area contributed by atoms with Gasteiger partial charge in [-0.1, -0.05) is 24.3 Å². The zero-order valence-corrected chi connectivity index (χ0v) is 14.7. The maximum absolute atomic E-state index is 12.2. The predicted molar refractivity (Wildman–Crippen MR) is 97.4 cm³/mol. The molecule has 1 heterocycles. The molecule has 0 radical (unpaired) electrons. The molecule has 0 spiro atoms. The van der Waals surface area contributed by atoms with Gasteiger partial charge in [0.1, 0.15) is 5.75 Å². The lowest BCUT2D eigenvalue weighted by atomic mass is 9.87. The molecule has 4 rings (SSSR count). The summed E-state index contributed by atoms with van der Waals surface area (Å²) < 4.78 is 6.13. The molecule has 1 aliphatic carbocycles. The Labute approximate surface area is 147 Å². The highest BCUT2D eigenvalue weighted by atomic mass is 79.9. The summed E-state index contributed by atoms with van der Waals surface area (Å²) >= 11 is 3.51. The molecular weight excluding hydrogens is 368 g/mol.